The number of hydrogen-bond donors (Lipinski definition) is 1. The zero-order valence-corrected chi connectivity index (χ0v) is 14.9. The molecule has 3 rings (SSSR count). The van der Waals surface area contributed by atoms with Crippen LogP contribution in [0, 0.1) is 15.9 Å². The molecule has 7 nitrogen and oxygen atoms in total. The summed E-state index contributed by atoms with van der Waals surface area (Å²) in [7, 11) is 0. The molecule has 2 aromatic rings. The minimum absolute atomic E-state index is 0.0143. The first-order valence-corrected chi connectivity index (χ1v) is 8.61. The second-order valence-corrected chi connectivity index (χ2v) is 6.37. The molecule has 1 fully saturated rings. The molecule has 1 heterocycles. The number of nitro benzene ring substituents is 1. The highest BCUT2D eigenvalue weighted by Crippen LogP contribution is 2.29. The Hall–Kier alpha value is -2.71. The molecule has 0 aliphatic carbocycles. The lowest BCUT2D eigenvalue weighted by Gasteiger charge is -2.15. The van der Waals surface area contributed by atoms with Crippen LogP contribution in [-0.4, -0.2) is 30.1 Å². The highest BCUT2D eigenvalue weighted by Gasteiger charge is 2.19. The van der Waals surface area contributed by atoms with E-state index in [0.29, 0.717) is 6.61 Å². The predicted molar refractivity (Wildman–Crippen MR) is 96.9 cm³/mol. The standard InChI is InChI=1S/C18H16ClFN2O5/c19-14-5-3-11(8-16(14)22(24)25)18(23)21-15-9-12(20)4-6-17(15)27-10-13-2-1-7-26-13/h3-6,8-9,13H,1-2,7,10H2,(H,21,23). The van der Waals surface area contributed by atoms with Crippen molar-refractivity contribution in [2.24, 2.45) is 0 Å². The first-order valence-electron chi connectivity index (χ1n) is 8.23. The van der Waals surface area contributed by atoms with Crippen LogP contribution in [0.3, 0.4) is 0 Å². The fourth-order valence-electron chi connectivity index (χ4n) is 2.67. The lowest BCUT2D eigenvalue weighted by Crippen LogP contribution is -2.18. The molecule has 0 aromatic heterocycles. The third-order valence-electron chi connectivity index (χ3n) is 4.04. The van der Waals surface area contributed by atoms with Crippen LogP contribution in [0.2, 0.25) is 5.02 Å². The monoisotopic (exact) mass is 394 g/mol. The molecule has 0 spiro atoms. The van der Waals surface area contributed by atoms with Crippen LogP contribution >= 0.6 is 11.6 Å². The topological polar surface area (TPSA) is 90.7 Å². The lowest BCUT2D eigenvalue weighted by molar-refractivity contribution is -0.384. The molecule has 27 heavy (non-hydrogen) atoms. The maximum Gasteiger partial charge on any atom is 0.288 e. The normalized spacial score (nSPS) is 16.1. The number of rotatable bonds is 6. The average Bonchev–Trinajstić information content (AvgIpc) is 3.14. The zero-order chi connectivity index (χ0) is 19.4. The molecular formula is C18H16ClFN2O5. The van der Waals surface area contributed by atoms with E-state index >= 15 is 0 Å². The molecule has 1 amide bonds. The summed E-state index contributed by atoms with van der Waals surface area (Å²) in [5.74, 6) is -0.928. The van der Waals surface area contributed by atoms with Gasteiger partial charge in [0.25, 0.3) is 11.6 Å². The number of nitro groups is 1. The van der Waals surface area contributed by atoms with E-state index < -0.39 is 22.3 Å². The second kappa shape index (κ2) is 8.32. The van der Waals surface area contributed by atoms with Crippen molar-refractivity contribution in [1.82, 2.24) is 0 Å². The van der Waals surface area contributed by atoms with Crippen molar-refractivity contribution in [2.45, 2.75) is 18.9 Å². The molecule has 1 unspecified atom stereocenters. The molecule has 0 radical (unpaired) electrons. The van der Waals surface area contributed by atoms with Crippen LogP contribution in [0.25, 0.3) is 0 Å². The van der Waals surface area contributed by atoms with Crippen molar-refractivity contribution >= 4 is 28.9 Å². The van der Waals surface area contributed by atoms with Crippen LogP contribution in [-0.2, 0) is 4.74 Å². The summed E-state index contributed by atoms with van der Waals surface area (Å²) in [4.78, 5) is 22.7. The van der Waals surface area contributed by atoms with Gasteiger partial charge in [-0.3, -0.25) is 14.9 Å². The van der Waals surface area contributed by atoms with Crippen molar-refractivity contribution in [3.63, 3.8) is 0 Å². The van der Waals surface area contributed by atoms with Gasteiger partial charge in [-0.15, -0.1) is 0 Å². The van der Waals surface area contributed by atoms with Crippen molar-refractivity contribution in [3.05, 3.63) is 62.9 Å². The number of carbonyl (C=O) groups excluding carboxylic acids is 1. The van der Waals surface area contributed by atoms with Gasteiger partial charge in [-0.1, -0.05) is 11.6 Å². The highest BCUT2D eigenvalue weighted by atomic mass is 35.5. The molecule has 2 aromatic carbocycles. The third-order valence-corrected chi connectivity index (χ3v) is 4.36. The second-order valence-electron chi connectivity index (χ2n) is 5.96. The smallest absolute Gasteiger partial charge is 0.288 e. The van der Waals surface area contributed by atoms with Gasteiger partial charge in [0.15, 0.2) is 0 Å². The number of ether oxygens (including phenoxy) is 2. The fourth-order valence-corrected chi connectivity index (χ4v) is 2.86. The Morgan fingerprint density at radius 1 is 1.37 bits per heavy atom. The number of nitrogens with zero attached hydrogens (tertiary/aromatic N) is 1. The van der Waals surface area contributed by atoms with E-state index in [4.69, 9.17) is 21.1 Å². The molecule has 142 valence electrons. The molecule has 1 N–H and O–H groups in total. The van der Waals surface area contributed by atoms with Crippen molar-refractivity contribution < 1.29 is 23.6 Å². The number of benzene rings is 2. The van der Waals surface area contributed by atoms with E-state index in [9.17, 15) is 19.3 Å². The number of halogens is 2. The summed E-state index contributed by atoms with van der Waals surface area (Å²) < 4.78 is 24.8. The van der Waals surface area contributed by atoms with E-state index in [0.717, 1.165) is 25.0 Å². The van der Waals surface area contributed by atoms with E-state index in [2.05, 4.69) is 5.32 Å². The lowest BCUT2D eigenvalue weighted by atomic mass is 10.1. The maximum atomic E-state index is 13.6. The Morgan fingerprint density at radius 2 is 2.19 bits per heavy atom. The SMILES string of the molecule is O=C(Nc1cc(F)ccc1OCC1CCCO1)c1ccc(Cl)c([N+](=O)[O-])c1. The van der Waals surface area contributed by atoms with Gasteiger partial charge in [0.1, 0.15) is 23.2 Å². The fraction of sp³-hybridized carbons (Fsp3) is 0.278. The molecule has 1 atom stereocenters. The van der Waals surface area contributed by atoms with Crippen molar-refractivity contribution in [1.29, 1.82) is 0 Å². The van der Waals surface area contributed by atoms with E-state index in [1.54, 1.807) is 0 Å². The van der Waals surface area contributed by atoms with Crippen molar-refractivity contribution in [2.75, 3.05) is 18.5 Å². The molecule has 1 saturated heterocycles. The van der Waals surface area contributed by atoms with Crippen molar-refractivity contribution in [3.8, 4) is 5.75 Å². The molecule has 1 aliphatic rings. The summed E-state index contributed by atoms with van der Waals surface area (Å²) in [6.45, 7) is 0.956. The zero-order valence-electron chi connectivity index (χ0n) is 14.1. The maximum absolute atomic E-state index is 13.6. The Bertz CT molecular complexity index is 871. The van der Waals surface area contributed by atoms with Gasteiger partial charge in [-0.25, -0.2) is 4.39 Å². The van der Waals surface area contributed by atoms with Gasteiger partial charge in [0.05, 0.1) is 16.7 Å². The Balaban J connectivity index is 1.77. The first-order chi connectivity index (χ1) is 12.9. The summed E-state index contributed by atoms with van der Waals surface area (Å²) in [6.07, 6.45) is 1.78. The largest absolute Gasteiger partial charge is 0.489 e. The molecule has 0 saturated carbocycles. The van der Waals surface area contributed by atoms with Gasteiger partial charge in [-0.2, -0.15) is 0 Å². The predicted octanol–water partition coefficient (Wildman–Crippen LogP) is 4.20. The van der Waals surface area contributed by atoms with E-state index in [1.165, 1.54) is 24.3 Å². The number of hydrogen-bond acceptors (Lipinski definition) is 5. The van der Waals surface area contributed by atoms with Crippen LogP contribution in [0.5, 0.6) is 5.75 Å². The Morgan fingerprint density at radius 3 is 2.89 bits per heavy atom. The molecule has 1 aliphatic heterocycles. The van der Waals surface area contributed by atoms with Gasteiger partial charge < -0.3 is 14.8 Å². The van der Waals surface area contributed by atoms with Crippen LogP contribution in [0.1, 0.15) is 23.2 Å². The minimum Gasteiger partial charge on any atom is -0.489 e. The highest BCUT2D eigenvalue weighted by molar-refractivity contribution is 6.32. The Labute approximate surface area is 159 Å². The first kappa shape index (κ1) is 19.1. The third kappa shape index (κ3) is 4.72. The number of carbonyl (C=O) groups is 1. The number of anilines is 1. The molecule has 0 bridgehead atoms. The quantitative estimate of drug-likeness (QED) is 0.585. The van der Waals surface area contributed by atoms with Gasteiger partial charge >= 0.3 is 0 Å². The van der Waals surface area contributed by atoms with Crippen LogP contribution in [0.15, 0.2) is 36.4 Å². The summed E-state index contributed by atoms with van der Waals surface area (Å²) >= 11 is 5.75. The summed E-state index contributed by atoms with van der Waals surface area (Å²) in [5, 5.41) is 13.4. The average molecular weight is 395 g/mol. The van der Waals surface area contributed by atoms with Gasteiger partial charge in [-0.05, 0) is 37.1 Å². The van der Waals surface area contributed by atoms with E-state index in [1.807, 2.05) is 0 Å². The number of amides is 1. The van der Waals surface area contributed by atoms with Crippen LogP contribution < -0.4 is 10.1 Å². The Kier molecular flexibility index (Phi) is 5.88. The minimum atomic E-state index is -0.683. The van der Waals surface area contributed by atoms with Gasteiger partial charge in [0.2, 0.25) is 0 Å². The molecular weight excluding hydrogens is 379 g/mol. The van der Waals surface area contributed by atoms with Crippen LogP contribution in [0.4, 0.5) is 15.8 Å². The number of nitrogens with one attached hydrogen (secondary N) is 1. The van der Waals surface area contributed by atoms with E-state index in [-0.39, 0.29) is 34.7 Å². The summed E-state index contributed by atoms with van der Waals surface area (Å²) in [5.41, 5.74) is -0.255. The van der Waals surface area contributed by atoms with Gasteiger partial charge in [0, 0.05) is 24.3 Å². The molecule has 9 heteroatoms. The summed E-state index contributed by atoms with van der Waals surface area (Å²) in [6, 6.07) is 7.40.